The highest BCUT2D eigenvalue weighted by Gasteiger charge is 2.41. The molecule has 6 nitrogen and oxygen atoms in total. The van der Waals surface area contributed by atoms with E-state index in [9.17, 15) is 32.3 Å². The molecule has 242 valence electrons. The summed E-state index contributed by atoms with van der Waals surface area (Å²) in [5.74, 6) is -6.70. The molecule has 3 N–H and O–H groups in total. The molecule has 1 heterocycles. The van der Waals surface area contributed by atoms with Crippen molar-refractivity contribution in [3.05, 3.63) is 129 Å². The standard InChI is InChI=1S/C33H21Cl2F6N3O3/c34-22-12-18(36)13-23(35)27(22)20-9-8-17(29-21(20)7-4-10-42-29)11-26(32(46)47)44-31(45)28-24(37)14-19(15-25(28)38)43-30(33(39,40)41)16-5-2-1-3-6-16/h1-10,12-15,26,30,43H,11H2,(H,44,45)(H,46,47)/t26-,30+/m0/s1. The topological polar surface area (TPSA) is 91.3 Å². The largest absolute Gasteiger partial charge is 0.480 e. The maximum atomic E-state index is 15.1. The number of fused-ring (bicyclic) bond motifs is 1. The van der Waals surface area contributed by atoms with Gasteiger partial charge in [0.2, 0.25) is 0 Å². The van der Waals surface area contributed by atoms with Gasteiger partial charge in [-0.05, 0) is 47.0 Å². The van der Waals surface area contributed by atoms with Gasteiger partial charge in [-0.2, -0.15) is 13.2 Å². The first-order chi connectivity index (χ1) is 22.2. The first-order valence-corrected chi connectivity index (χ1v) is 14.4. The fourth-order valence-corrected chi connectivity index (χ4v) is 5.77. The van der Waals surface area contributed by atoms with Crippen LogP contribution < -0.4 is 10.6 Å². The first-order valence-electron chi connectivity index (χ1n) is 13.7. The number of nitrogens with one attached hydrogen (secondary N) is 2. The van der Waals surface area contributed by atoms with Crippen LogP contribution in [0.5, 0.6) is 0 Å². The minimum atomic E-state index is -4.84. The van der Waals surface area contributed by atoms with Crippen molar-refractivity contribution in [3.63, 3.8) is 0 Å². The van der Waals surface area contributed by atoms with Crippen molar-refractivity contribution < 1.29 is 41.0 Å². The van der Waals surface area contributed by atoms with Crippen LogP contribution in [0.15, 0.2) is 85.1 Å². The molecular formula is C33H21Cl2F6N3O3. The molecule has 0 aliphatic carbocycles. The molecule has 0 saturated heterocycles. The number of anilines is 1. The van der Waals surface area contributed by atoms with Crippen molar-refractivity contribution in [3.8, 4) is 11.1 Å². The molecular weight excluding hydrogens is 671 g/mol. The van der Waals surface area contributed by atoms with Crippen LogP contribution in [0.2, 0.25) is 10.0 Å². The number of amides is 1. The average molecular weight is 692 g/mol. The number of hydrogen-bond donors (Lipinski definition) is 3. The average Bonchev–Trinajstić information content (AvgIpc) is 2.99. The third-order valence-corrected chi connectivity index (χ3v) is 7.79. The number of alkyl halides is 3. The quantitative estimate of drug-likeness (QED) is 0.135. The molecule has 0 radical (unpaired) electrons. The molecule has 0 unspecified atom stereocenters. The third kappa shape index (κ3) is 7.28. The summed E-state index contributed by atoms with van der Waals surface area (Å²) in [4.78, 5) is 29.5. The summed E-state index contributed by atoms with van der Waals surface area (Å²) in [6, 6.07) is 12.0. The van der Waals surface area contributed by atoms with Crippen LogP contribution in [0.25, 0.3) is 22.0 Å². The summed E-state index contributed by atoms with van der Waals surface area (Å²) in [6.07, 6.45) is -3.81. The highest BCUT2D eigenvalue weighted by molar-refractivity contribution is 6.39. The van der Waals surface area contributed by atoms with E-state index in [1.54, 1.807) is 18.2 Å². The molecule has 14 heteroatoms. The van der Waals surface area contributed by atoms with E-state index in [-0.39, 0.29) is 21.1 Å². The third-order valence-electron chi connectivity index (χ3n) is 7.20. The molecule has 0 aliphatic rings. The van der Waals surface area contributed by atoms with E-state index in [4.69, 9.17) is 23.2 Å². The maximum Gasteiger partial charge on any atom is 0.412 e. The monoisotopic (exact) mass is 691 g/mol. The van der Waals surface area contributed by atoms with Gasteiger partial charge in [0.15, 0.2) is 0 Å². The van der Waals surface area contributed by atoms with Crippen LogP contribution in [0.1, 0.15) is 27.5 Å². The van der Waals surface area contributed by atoms with Crippen LogP contribution in [0.4, 0.5) is 32.0 Å². The lowest BCUT2D eigenvalue weighted by Crippen LogP contribution is -2.43. The number of rotatable bonds is 9. The number of hydrogen-bond acceptors (Lipinski definition) is 4. The number of nitrogens with zero attached hydrogens (tertiary/aromatic N) is 1. The van der Waals surface area contributed by atoms with Gasteiger partial charge in [-0.25, -0.2) is 18.0 Å². The maximum absolute atomic E-state index is 15.1. The first kappa shape index (κ1) is 33.6. The van der Waals surface area contributed by atoms with E-state index in [0.717, 1.165) is 12.1 Å². The smallest absolute Gasteiger partial charge is 0.412 e. The summed E-state index contributed by atoms with van der Waals surface area (Å²) in [5.41, 5.74) is -0.651. The zero-order valence-electron chi connectivity index (χ0n) is 23.7. The number of carboxylic acids is 1. The summed E-state index contributed by atoms with van der Waals surface area (Å²) >= 11 is 12.5. The second-order valence-electron chi connectivity index (χ2n) is 10.3. The molecule has 2 atom stereocenters. The number of carboxylic acid groups (broad SMARTS) is 1. The lowest BCUT2D eigenvalue weighted by Gasteiger charge is -2.23. The van der Waals surface area contributed by atoms with Gasteiger partial charge in [-0.15, -0.1) is 0 Å². The van der Waals surface area contributed by atoms with E-state index >= 15 is 8.78 Å². The molecule has 5 aromatic rings. The van der Waals surface area contributed by atoms with Crippen molar-refractivity contribution in [1.82, 2.24) is 10.3 Å². The summed E-state index contributed by atoms with van der Waals surface area (Å²) in [6.45, 7) is 0. The van der Waals surface area contributed by atoms with E-state index in [1.807, 2.05) is 5.32 Å². The number of carbonyl (C=O) groups is 2. The Bertz CT molecular complexity index is 1950. The highest BCUT2D eigenvalue weighted by Crippen LogP contribution is 2.40. The van der Waals surface area contributed by atoms with Gasteiger partial charge in [0.1, 0.15) is 35.1 Å². The Kier molecular flexibility index (Phi) is 9.64. The number of aliphatic carboxylic acids is 1. The second kappa shape index (κ2) is 13.5. The Labute approximate surface area is 273 Å². The van der Waals surface area contributed by atoms with Gasteiger partial charge < -0.3 is 15.7 Å². The molecule has 5 rings (SSSR count). The molecule has 0 fully saturated rings. The number of aromatic nitrogens is 1. The van der Waals surface area contributed by atoms with E-state index in [2.05, 4.69) is 10.3 Å². The normalized spacial score (nSPS) is 12.9. The van der Waals surface area contributed by atoms with Gasteiger partial charge in [-0.3, -0.25) is 9.78 Å². The zero-order valence-corrected chi connectivity index (χ0v) is 25.2. The Morgan fingerprint density at radius 2 is 1.51 bits per heavy atom. The highest BCUT2D eigenvalue weighted by atomic mass is 35.5. The van der Waals surface area contributed by atoms with Crippen LogP contribution in [0, 0.1) is 17.5 Å². The van der Waals surface area contributed by atoms with Gasteiger partial charge in [0, 0.05) is 29.3 Å². The summed E-state index contributed by atoms with van der Waals surface area (Å²) < 4.78 is 85.2. The number of carbonyl (C=O) groups excluding carboxylic acids is 1. The predicted octanol–water partition coefficient (Wildman–Crippen LogP) is 8.77. The Morgan fingerprint density at radius 1 is 0.872 bits per heavy atom. The van der Waals surface area contributed by atoms with Crippen molar-refractivity contribution in [2.24, 2.45) is 0 Å². The number of benzene rings is 4. The molecule has 1 aromatic heterocycles. The summed E-state index contributed by atoms with van der Waals surface area (Å²) in [7, 11) is 0. The zero-order chi connectivity index (χ0) is 34.0. The van der Waals surface area contributed by atoms with Gasteiger partial charge in [0.25, 0.3) is 5.91 Å². The van der Waals surface area contributed by atoms with Crippen LogP contribution in [-0.2, 0) is 11.2 Å². The lowest BCUT2D eigenvalue weighted by molar-refractivity contribution is -0.144. The van der Waals surface area contributed by atoms with E-state index < -0.39 is 65.3 Å². The van der Waals surface area contributed by atoms with Crippen molar-refractivity contribution in [2.75, 3.05) is 5.32 Å². The molecule has 0 aliphatic heterocycles. The fourth-order valence-electron chi connectivity index (χ4n) is 5.10. The van der Waals surface area contributed by atoms with Crippen LogP contribution in [-0.4, -0.2) is 34.2 Å². The lowest BCUT2D eigenvalue weighted by atomic mass is 9.95. The minimum Gasteiger partial charge on any atom is -0.480 e. The molecule has 47 heavy (non-hydrogen) atoms. The summed E-state index contributed by atoms with van der Waals surface area (Å²) in [5, 5.41) is 14.5. The fraction of sp³-hybridized carbons (Fsp3) is 0.121. The number of pyridine rings is 1. The van der Waals surface area contributed by atoms with Gasteiger partial charge in [0.05, 0.1) is 15.6 Å². The molecule has 0 saturated carbocycles. The Balaban J connectivity index is 1.42. The van der Waals surface area contributed by atoms with Crippen molar-refractivity contribution >= 4 is 51.7 Å². The van der Waals surface area contributed by atoms with Crippen LogP contribution >= 0.6 is 23.2 Å². The molecule has 4 aromatic carbocycles. The Morgan fingerprint density at radius 3 is 2.11 bits per heavy atom. The second-order valence-corrected chi connectivity index (χ2v) is 11.1. The Hall–Kier alpha value is -4.81. The van der Waals surface area contributed by atoms with Gasteiger partial charge >= 0.3 is 12.1 Å². The predicted molar refractivity (Wildman–Crippen MR) is 165 cm³/mol. The van der Waals surface area contributed by atoms with E-state index in [1.165, 1.54) is 42.6 Å². The molecule has 0 spiro atoms. The van der Waals surface area contributed by atoms with Crippen LogP contribution in [0.3, 0.4) is 0 Å². The number of halogens is 8. The molecule has 0 bridgehead atoms. The van der Waals surface area contributed by atoms with Crippen molar-refractivity contribution in [2.45, 2.75) is 24.7 Å². The van der Waals surface area contributed by atoms with Crippen molar-refractivity contribution in [1.29, 1.82) is 0 Å². The minimum absolute atomic E-state index is 0.0165. The molecule has 1 amide bonds. The van der Waals surface area contributed by atoms with Gasteiger partial charge in [-0.1, -0.05) is 71.7 Å². The SMILES string of the molecule is O=C(N[C@@H](Cc1ccc(-c2c(Cl)cc(F)cc2Cl)c2cccnc12)C(=O)O)c1c(F)cc(N[C@H](c2ccccc2)C(F)(F)F)cc1F. The van der Waals surface area contributed by atoms with E-state index in [0.29, 0.717) is 34.2 Å².